The number of nitrogens with one attached hydrogen (secondary N) is 1. The molecule has 2 atom stereocenters. The van der Waals surface area contributed by atoms with Crippen molar-refractivity contribution >= 4 is 0 Å². The van der Waals surface area contributed by atoms with Gasteiger partial charge in [0.15, 0.2) is 11.6 Å². The molecular formula is C15H17F2NO2. The highest BCUT2D eigenvalue weighted by atomic mass is 19.2. The lowest BCUT2D eigenvalue weighted by Gasteiger charge is -2.16. The van der Waals surface area contributed by atoms with Crippen LogP contribution in [0.15, 0.2) is 41.0 Å². The van der Waals surface area contributed by atoms with Crippen LogP contribution in [-0.4, -0.2) is 17.7 Å². The molecule has 0 saturated carbocycles. The molecule has 2 unspecified atom stereocenters. The van der Waals surface area contributed by atoms with Gasteiger partial charge in [-0.15, -0.1) is 0 Å². The van der Waals surface area contributed by atoms with Gasteiger partial charge in [-0.25, -0.2) is 8.78 Å². The van der Waals surface area contributed by atoms with Crippen molar-refractivity contribution in [3.8, 4) is 0 Å². The third kappa shape index (κ3) is 3.88. The SMILES string of the molecule is CC(Cc1ccco1)NCC(O)c1ccc(F)c(F)c1. The van der Waals surface area contributed by atoms with Crippen LogP contribution < -0.4 is 5.32 Å². The second-order valence-electron chi connectivity index (χ2n) is 4.78. The summed E-state index contributed by atoms with van der Waals surface area (Å²) >= 11 is 0. The second kappa shape index (κ2) is 6.63. The maximum Gasteiger partial charge on any atom is 0.159 e. The Morgan fingerprint density at radius 3 is 2.70 bits per heavy atom. The van der Waals surface area contributed by atoms with E-state index in [1.807, 2.05) is 19.1 Å². The third-order valence-electron chi connectivity index (χ3n) is 3.08. The Hall–Kier alpha value is -1.72. The van der Waals surface area contributed by atoms with Crippen LogP contribution in [0.1, 0.15) is 24.4 Å². The number of aliphatic hydroxyl groups is 1. The lowest BCUT2D eigenvalue weighted by atomic mass is 10.1. The summed E-state index contributed by atoms with van der Waals surface area (Å²) in [4.78, 5) is 0. The highest BCUT2D eigenvalue weighted by Gasteiger charge is 2.12. The highest BCUT2D eigenvalue weighted by molar-refractivity contribution is 5.20. The van der Waals surface area contributed by atoms with Gasteiger partial charge in [-0.05, 0) is 36.8 Å². The minimum absolute atomic E-state index is 0.0982. The molecule has 3 nitrogen and oxygen atoms in total. The number of furan rings is 1. The predicted octanol–water partition coefficient (Wildman–Crippen LogP) is 2.81. The minimum atomic E-state index is -0.954. The van der Waals surface area contributed by atoms with Gasteiger partial charge in [-0.2, -0.15) is 0 Å². The van der Waals surface area contributed by atoms with Crippen LogP contribution in [0.4, 0.5) is 8.78 Å². The van der Waals surface area contributed by atoms with Gasteiger partial charge < -0.3 is 14.8 Å². The number of rotatable bonds is 6. The molecule has 0 aliphatic heterocycles. The first-order chi connectivity index (χ1) is 9.56. The maximum atomic E-state index is 13.1. The summed E-state index contributed by atoms with van der Waals surface area (Å²) < 4.78 is 31.1. The maximum absolute atomic E-state index is 13.1. The van der Waals surface area contributed by atoms with Gasteiger partial charge in [0.05, 0.1) is 12.4 Å². The van der Waals surface area contributed by atoms with Crippen LogP contribution in [0.3, 0.4) is 0 Å². The van der Waals surface area contributed by atoms with Gasteiger partial charge in [0, 0.05) is 19.0 Å². The molecule has 1 aromatic heterocycles. The summed E-state index contributed by atoms with van der Waals surface area (Å²) in [6, 6.07) is 7.20. The Balaban J connectivity index is 1.85. The first-order valence-corrected chi connectivity index (χ1v) is 6.45. The van der Waals surface area contributed by atoms with Crippen LogP contribution in [0, 0.1) is 11.6 Å². The fourth-order valence-electron chi connectivity index (χ4n) is 1.95. The Bertz CT molecular complexity index is 543. The molecule has 1 heterocycles. The Labute approximate surface area is 116 Å². The number of hydrogen-bond donors (Lipinski definition) is 2. The fourth-order valence-corrected chi connectivity index (χ4v) is 1.95. The molecule has 2 N–H and O–H groups in total. The largest absolute Gasteiger partial charge is 0.469 e. The van der Waals surface area contributed by atoms with E-state index in [1.165, 1.54) is 6.07 Å². The lowest BCUT2D eigenvalue weighted by molar-refractivity contribution is 0.169. The zero-order valence-electron chi connectivity index (χ0n) is 11.1. The zero-order chi connectivity index (χ0) is 14.5. The van der Waals surface area contributed by atoms with Crippen LogP contribution in [0.5, 0.6) is 0 Å². The van der Waals surface area contributed by atoms with E-state index in [-0.39, 0.29) is 12.6 Å². The minimum Gasteiger partial charge on any atom is -0.469 e. The van der Waals surface area contributed by atoms with Gasteiger partial charge in [0.2, 0.25) is 0 Å². The molecule has 0 spiro atoms. The van der Waals surface area contributed by atoms with E-state index < -0.39 is 17.7 Å². The molecule has 0 saturated heterocycles. The van der Waals surface area contributed by atoms with Crippen LogP contribution in [-0.2, 0) is 6.42 Å². The van der Waals surface area contributed by atoms with Gasteiger partial charge in [-0.1, -0.05) is 6.07 Å². The van der Waals surface area contributed by atoms with Crippen molar-refractivity contribution in [2.75, 3.05) is 6.54 Å². The second-order valence-corrected chi connectivity index (χ2v) is 4.78. The van der Waals surface area contributed by atoms with Crippen molar-refractivity contribution in [2.24, 2.45) is 0 Å². The van der Waals surface area contributed by atoms with Crippen molar-refractivity contribution < 1.29 is 18.3 Å². The van der Waals surface area contributed by atoms with E-state index in [1.54, 1.807) is 6.26 Å². The van der Waals surface area contributed by atoms with Gasteiger partial charge >= 0.3 is 0 Å². The normalized spacial score (nSPS) is 14.2. The van der Waals surface area contributed by atoms with Gasteiger partial charge in [0.1, 0.15) is 5.76 Å². The molecule has 0 aliphatic rings. The quantitative estimate of drug-likeness (QED) is 0.856. The van der Waals surface area contributed by atoms with E-state index in [2.05, 4.69) is 5.32 Å². The number of hydrogen-bond acceptors (Lipinski definition) is 3. The number of halogens is 2. The Morgan fingerprint density at radius 2 is 2.05 bits per heavy atom. The van der Waals surface area contributed by atoms with E-state index in [0.717, 1.165) is 17.9 Å². The summed E-state index contributed by atoms with van der Waals surface area (Å²) in [7, 11) is 0. The molecule has 0 radical (unpaired) electrons. The van der Waals surface area contributed by atoms with Gasteiger partial charge in [-0.3, -0.25) is 0 Å². The Kier molecular flexibility index (Phi) is 4.87. The molecule has 0 aliphatic carbocycles. The zero-order valence-corrected chi connectivity index (χ0v) is 11.1. The number of benzene rings is 1. The molecule has 108 valence electrons. The first-order valence-electron chi connectivity index (χ1n) is 6.45. The fraction of sp³-hybridized carbons (Fsp3) is 0.333. The summed E-state index contributed by atoms with van der Waals surface area (Å²) in [5, 5.41) is 13.1. The van der Waals surface area contributed by atoms with Crippen molar-refractivity contribution in [1.29, 1.82) is 0 Å². The molecule has 0 bridgehead atoms. The van der Waals surface area contributed by atoms with Crippen LogP contribution in [0.2, 0.25) is 0 Å². The summed E-state index contributed by atoms with van der Waals surface area (Å²) in [6.07, 6.45) is 1.42. The molecule has 0 fully saturated rings. The monoisotopic (exact) mass is 281 g/mol. The Morgan fingerprint density at radius 1 is 1.25 bits per heavy atom. The number of aliphatic hydroxyl groups excluding tert-OH is 1. The highest BCUT2D eigenvalue weighted by Crippen LogP contribution is 2.16. The molecule has 0 amide bonds. The van der Waals surface area contributed by atoms with Crippen molar-refractivity contribution in [1.82, 2.24) is 5.32 Å². The molecule has 5 heteroatoms. The van der Waals surface area contributed by atoms with Crippen LogP contribution >= 0.6 is 0 Å². The van der Waals surface area contributed by atoms with Crippen molar-refractivity contribution in [3.63, 3.8) is 0 Å². The molecule has 1 aromatic carbocycles. The van der Waals surface area contributed by atoms with Crippen molar-refractivity contribution in [2.45, 2.75) is 25.5 Å². The summed E-state index contributed by atoms with van der Waals surface area (Å²) in [5.41, 5.74) is 0.349. The first kappa shape index (κ1) is 14.7. The van der Waals surface area contributed by atoms with Crippen LogP contribution in [0.25, 0.3) is 0 Å². The average molecular weight is 281 g/mol. The van der Waals surface area contributed by atoms with E-state index in [4.69, 9.17) is 4.42 Å². The van der Waals surface area contributed by atoms with E-state index in [0.29, 0.717) is 12.0 Å². The summed E-state index contributed by atoms with van der Waals surface area (Å²) in [5.74, 6) is -1.02. The molecule has 2 rings (SSSR count). The van der Waals surface area contributed by atoms with E-state index in [9.17, 15) is 13.9 Å². The lowest BCUT2D eigenvalue weighted by Crippen LogP contribution is -2.32. The smallest absolute Gasteiger partial charge is 0.159 e. The summed E-state index contributed by atoms with van der Waals surface area (Å²) in [6.45, 7) is 2.22. The standard InChI is InChI=1S/C15H17F2NO2/c1-10(7-12-3-2-6-20-12)18-9-15(19)11-4-5-13(16)14(17)8-11/h2-6,8,10,15,18-19H,7,9H2,1H3. The topological polar surface area (TPSA) is 45.4 Å². The van der Waals surface area contributed by atoms with E-state index >= 15 is 0 Å². The molecule has 2 aromatic rings. The van der Waals surface area contributed by atoms with Crippen molar-refractivity contribution in [3.05, 3.63) is 59.6 Å². The molecule has 20 heavy (non-hydrogen) atoms. The molecular weight excluding hydrogens is 264 g/mol. The predicted molar refractivity (Wildman–Crippen MR) is 71.2 cm³/mol. The average Bonchev–Trinajstić information content (AvgIpc) is 2.92. The van der Waals surface area contributed by atoms with Gasteiger partial charge in [0.25, 0.3) is 0 Å². The third-order valence-corrected chi connectivity index (χ3v) is 3.08.